The van der Waals surface area contributed by atoms with Crippen molar-refractivity contribution in [2.24, 2.45) is 5.73 Å². The molecule has 36 heavy (non-hydrogen) atoms. The van der Waals surface area contributed by atoms with Gasteiger partial charge in [0, 0.05) is 16.8 Å². The van der Waals surface area contributed by atoms with E-state index in [1.54, 1.807) is 9.58 Å². The summed E-state index contributed by atoms with van der Waals surface area (Å²) in [5.74, 6) is 0.542. The Hall–Kier alpha value is -4.83. The van der Waals surface area contributed by atoms with Gasteiger partial charge < -0.3 is 16.0 Å². The summed E-state index contributed by atoms with van der Waals surface area (Å²) in [6.45, 7) is 4.29. The van der Waals surface area contributed by atoms with Gasteiger partial charge in [0.2, 0.25) is 5.91 Å². The van der Waals surface area contributed by atoms with Crippen LogP contribution < -0.4 is 16.0 Å². The number of nitrogens with zero attached hydrogens (tertiary/aromatic N) is 4. The van der Waals surface area contributed by atoms with E-state index in [1.165, 1.54) is 0 Å². The number of carbonyl (C=O) groups is 1. The summed E-state index contributed by atoms with van der Waals surface area (Å²) in [7, 11) is 0. The highest BCUT2D eigenvalue weighted by Crippen LogP contribution is 2.55. The molecule has 1 aromatic heterocycles. The molecule has 6 rings (SSSR count). The molecule has 3 aromatic carbocycles. The highest BCUT2D eigenvalue weighted by Gasteiger charge is 2.60. The number of fused-ring (bicyclic) bond motifs is 4. The zero-order chi connectivity index (χ0) is 25.0. The van der Waals surface area contributed by atoms with Crippen LogP contribution >= 0.6 is 0 Å². The quantitative estimate of drug-likeness (QED) is 0.459. The number of nitriles is 1. The minimum Gasteiger partial charge on any atom is -0.384 e. The Morgan fingerprint density at radius 2 is 1.69 bits per heavy atom. The normalized spacial score (nSPS) is 18.1. The van der Waals surface area contributed by atoms with E-state index in [-0.39, 0.29) is 17.3 Å². The highest BCUT2D eigenvalue weighted by molar-refractivity contribution is 6.15. The van der Waals surface area contributed by atoms with E-state index in [0.717, 1.165) is 28.1 Å². The lowest BCUT2D eigenvalue weighted by atomic mass is 9.68. The van der Waals surface area contributed by atoms with Crippen molar-refractivity contribution in [2.45, 2.75) is 25.8 Å². The van der Waals surface area contributed by atoms with Crippen LogP contribution in [0.4, 0.5) is 11.5 Å². The van der Waals surface area contributed by atoms with Crippen molar-refractivity contribution >= 4 is 17.4 Å². The van der Waals surface area contributed by atoms with Gasteiger partial charge in [0.15, 0.2) is 0 Å². The van der Waals surface area contributed by atoms with Gasteiger partial charge in [-0.15, -0.1) is 0 Å². The number of amides is 1. The third kappa shape index (κ3) is 2.85. The van der Waals surface area contributed by atoms with Crippen LogP contribution in [-0.4, -0.2) is 15.7 Å². The molecule has 0 bridgehead atoms. The van der Waals surface area contributed by atoms with Gasteiger partial charge in [-0.2, -0.15) is 10.4 Å². The summed E-state index contributed by atoms with van der Waals surface area (Å²) in [6.07, 6.45) is 0. The van der Waals surface area contributed by atoms with Gasteiger partial charge in [-0.1, -0.05) is 66.2 Å². The molecule has 0 saturated carbocycles. The molecule has 2 aliphatic rings. The number of nitrogens with one attached hydrogen (secondary N) is 1. The average Bonchev–Trinajstić information content (AvgIpc) is 3.34. The van der Waals surface area contributed by atoms with Gasteiger partial charge in [-0.05, 0) is 37.6 Å². The van der Waals surface area contributed by atoms with Crippen molar-refractivity contribution in [3.05, 3.63) is 118 Å². The number of rotatable bonds is 3. The minimum absolute atomic E-state index is 0.155. The van der Waals surface area contributed by atoms with Gasteiger partial charge in [0.25, 0.3) is 0 Å². The SMILES string of the molecule is Cc1ccc(CN2C(=O)C3(C(C#N)=C(N)Nc4c3c(C)nn4-c3ccccc3)c3ccccc32)cc1. The lowest BCUT2D eigenvalue weighted by molar-refractivity contribution is -0.120. The lowest BCUT2D eigenvalue weighted by Gasteiger charge is -2.34. The molecule has 0 radical (unpaired) electrons. The maximum atomic E-state index is 14.6. The molecule has 1 spiro atoms. The Morgan fingerprint density at radius 1 is 1.00 bits per heavy atom. The molecular formula is C29H24N6O. The van der Waals surface area contributed by atoms with Crippen LogP contribution in [0, 0.1) is 25.2 Å². The van der Waals surface area contributed by atoms with Crippen LogP contribution in [0.2, 0.25) is 0 Å². The maximum Gasteiger partial charge on any atom is 0.248 e. The second-order valence-corrected chi connectivity index (χ2v) is 9.23. The van der Waals surface area contributed by atoms with Crippen LogP contribution in [-0.2, 0) is 16.8 Å². The maximum absolute atomic E-state index is 14.6. The van der Waals surface area contributed by atoms with Gasteiger partial charge in [-0.25, -0.2) is 4.68 Å². The Balaban J connectivity index is 1.62. The first-order valence-electron chi connectivity index (χ1n) is 11.8. The second kappa shape index (κ2) is 7.85. The van der Waals surface area contributed by atoms with Crippen molar-refractivity contribution in [3.8, 4) is 11.8 Å². The number of aromatic nitrogens is 2. The Labute approximate surface area is 209 Å². The summed E-state index contributed by atoms with van der Waals surface area (Å²) in [5.41, 5.74) is 11.1. The van der Waals surface area contributed by atoms with Crippen molar-refractivity contribution in [2.75, 3.05) is 10.2 Å². The lowest BCUT2D eigenvalue weighted by Crippen LogP contribution is -2.46. The number of anilines is 2. The topological polar surface area (TPSA) is 100.0 Å². The summed E-state index contributed by atoms with van der Waals surface area (Å²) >= 11 is 0. The molecule has 1 amide bonds. The molecule has 7 nitrogen and oxygen atoms in total. The molecule has 1 unspecified atom stereocenters. The number of para-hydroxylation sites is 2. The predicted octanol–water partition coefficient (Wildman–Crippen LogP) is 4.44. The molecule has 3 N–H and O–H groups in total. The number of hydrogen-bond donors (Lipinski definition) is 2. The van der Waals surface area contributed by atoms with E-state index in [4.69, 9.17) is 10.8 Å². The van der Waals surface area contributed by atoms with Crippen molar-refractivity contribution in [3.63, 3.8) is 0 Å². The number of aryl methyl sites for hydroxylation is 2. The van der Waals surface area contributed by atoms with Crippen LogP contribution in [0.25, 0.3) is 5.69 Å². The summed E-state index contributed by atoms with van der Waals surface area (Å²) in [4.78, 5) is 16.4. The summed E-state index contributed by atoms with van der Waals surface area (Å²) in [6, 6.07) is 27.7. The molecule has 7 heteroatoms. The first-order chi connectivity index (χ1) is 17.5. The molecule has 0 saturated heterocycles. The Bertz CT molecular complexity index is 1590. The van der Waals surface area contributed by atoms with Crippen LogP contribution in [0.3, 0.4) is 0 Å². The molecule has 4 aromatic rings. The average molecular weight is 473 g/mol. The van der Waals surface area contributed by atoms with Gasteiger partial charge in [0.1, 0.15) is 23.1 Å². The van der Waals surface area contributed by atoms with Crippen LogP contribution in [0.5, 0.6) is 0 Å². The molecule has 0 fully saturated rings. The van der Waals surface area contributed by atoms with Gasteiger partial charge in [0.05, 0.1) is 23.5 Å². The van der Waals surface area contributed by atoms with Crippen LogP contribution in [0.15, 0.2) is 90.3 Å². The van der Waals surface area contributed by atoms with E-state index in [9.17, 15) is 10.1 Å². The molecular weight excluding hydrogens is 448 g/mol. The Kier molecular flexibility index (Phi) is 4.73. The Morgan fingerprint density at radius 3 is 2.42 bits per heavy atom. The molecule has 176 valence electrons. The van der Waals surface area contributed by atoms with Crippen LogP contribution in [0.1, 0.15) is 27.9 Å². The largest absolute Gasteiger partial charge is 0.384 e. The fourth-order valence-electron chi connectivity index (χ4n) is 5.48. The van der Waals surface area contributed by atoms with Crippen molar-refractivity contribution in [1.29, 1.82) is 5.26 Å². The van der Waals surface area contributed by atoms with Gasteiger partial charge >= 0.3 is 0 Å². The van der Waals surface area contributed by atoms with E-state index < -0.39 is 5.41 Å². The van der Waals surface area contributed by atoms with E-state index in [1.807, 2.05) is 92.7 Å². The first-order valence-corrected chi connectivity index (χ1v) is 11.8. The number of hydrogen-bond acceptors (Lipinski definition) is 5. The van der Waals surface area contributed by atoms with Gasteiger partial charge in [-0.3, -0.25) is 4.79 Å². The zero-order valence-corrected chi connectivity index (χ0v) is 20.0. The molecule has 0 aliphatic carbocycles. The zero-order valence-electron chi connectivity index (χ0n) is 20.0. The van der Waals surface area contributed by atoms with E-state index in [0.29, 0.717) is 23.6 Å². The molecule has 3 heterocycles. The molecule has 1 atom stereocenters. The fraction of sp³-hybridized carbons (Fsp3) is 0.138. The van der Waals surface area contributed by atoms with Crippen molar-refractivity contribution < 1.29 is 4.79 Å². The summed E-state index contributed by atoms with van der Waals surface area (Å²) < 4.78 is 1.76. The van der Waals surface area contributed by atoms with E-state index >= 15 is 0 Å². The minimum atomic E-state index is -1.39. The monoisotopic (exact) mass is 472 g/mol. The number of carbonyl (C=O) groups excluding carboxylic acids is 1. The third-order valence-electron chi connectivity index (χ3n) is 7.07. The standard InChI is InChI=1S/C29H24N6O/c1-18-12-14-20(15-13-18)17-34-24-11-7-6-10-22(24)29(28(34)36)23(16-30)26(31)32-27-25(29)19(2)33-35(27)21-8-4-3-5-9-21/h3-15,32H,17,31H2,1-2H3. The molecule has 2 aliphatic heterocycles. The van der Waals surface area contributed by atoms with Crippen molar-refractivity contribution in [1.82, 2.24) is 9.78 Å². The number of benzene rings is 3. The number of nitrogens with two attached hydrogens (primary N) is 1. The van der Waals surface area contributed by atoms with E-state index in [2.05, 4.69) is 11.4 Å². The summed E-state index contributed by atoms with van der Waals surface area (Å²) in [5, 5.41) is 18.3. The first kappa shape index (κ1) is 21.7. The fourth-order valence-corrected chi connectivity index (χ4v) is 5.48. The smallest absolute Gasteiger partial charge is 0.248 e. The highest BCUT2D eigenvalue weighted by atomic mass is 16.2. The predicted molar refractivity (Wildman–Crippen MR) is 138 cm³/mol. The second-order valence-electron chi connectivity index (χ2n) is 9.23. The third-order valence-corrected chi connectivity index (χ3v) is 7.07.